The lowest BCUT2D eigenvalue weighted by Gasteiger charge is -2.58. The van der Waals surface area contributed by atoms with Crippen molar-refractivity contribution in [2.75, 3.05) is 13.1 Å². The summed E-state index contributed by atoms with van der Waals surface area (Å²) in [6.07, 6.45) is 10.0. The molecule has 0 aromatic heterocycles. The van der Waals surface area contributed by atoms with Crippen LogP contribution in [0.4, 0.5) is 4.79 Å². The van der Waals surface area contributed by atoms with Crippen molar-refractivity contribution >= 4 is 17.8 Å². The van der Waals surface area contributed by atoms with Crippen LogP contribution in [0.2, 0.25) is 0 Å². The summed E-state index contributed by atoms with van der Waals surface area (Å²) in [5, 5.41) is 6.08. The predicted octanol–water partition coefficient (Wildman–Crippen LogP) is 4.50. The quantitative estimate of drug-likeness (QED) is 0.655. The van der Waals surface area contributed by atoms with Gasteiger partial charge in [-0.1, -0.05) is 40.7 Å². The molecule has 4 rings (SSSR count). The highest BCUT2D eigenvalue weighted by molar-refractivity contribution is 5.96. The van der Waals surface area contributed by atoms with Crippen LogP contribution in [0.15, 0.2) is 12.2 Å². The number of nitrogens with one attached hydrogen (secondary N) is 2. The first-order valence-electron chi connectivity index (χ1n) is 13.0. The molecule has 2 unspecified atom stereocenters. The molecule has 6 nitrogen and oxygen atoms in total. The topological polar surface area (TPSA) is 78.5 Å². The summed E-state index contributed by atoms with van der Waals surface area (Å²) >= 11 is 0. The minimum atomic E-state index is -0.255. The first kappa shape index (κ1) is 24.3. The number of fused-ring (bicyclic) bond motifs is 5. The third kappa shape index (κ3) is 4.12. The highest BCUT2D eigenvalue weighted by Crippen LogP contribution is 2.65. The van der Waals surface area contributed by atoms with Crippen LogP contribution in [0.3, 0.4) is 0 Å². The Morgan fingerprint density at radius 2 is 1.85 bits per heavy atom. The normalized spacial score (nSPS) is 39.7. The number of carbonyl (C=O) groups excluding carboxylic acids is 3. The standard InChI is InChI=1S/C27H43N3O3/c1-7-28-24(33)30(16-25(2,3)4)23(32)20-10-9-18-17-8-11-21-27(6,15-13-22(31)29-21)19(17)12-14-26(18,20)5/h13,15,17-21H,7-12,14,16H2,1-6H3,(H,28,33)(H,29,31)/t17-,18-,19+,20?,21?,26-,27+/m0/s1. The smallest absolute Gasteiger partial charge is 0.324 e. The SMILES string of the molecule is CCNC(=O)N(CC(C)(C)C)C(=O)C1CC[C@H]2[C@@H]3CCC4NC(=O)C=C[C@]4(C)[C@@H]3CC[C@]12C. The van der Waals surface area contributed by atoms with Gasteiger partial charge in [0, 0.05) is 30.5 Å². The highest BCUT2D eigenvalue weighted by Gasteiger charge is 2.61. The van der Waals surface area contributed by atoms with Crippen LogP contribution in [-0.2, 0) is 9.59 Å². The molecule has 0 spiro atoms. The molecular formula is C27H43N3O3. The van der Waals surface area contributed by atoms with Gasteiger partial charge in [-0.15, -0.1) is 0 Å². The lowest BCUT2D eigenvalue weighted by molar-refractivity contribution is -0.142. The Hall–Kier alpha value is -1.85. The van der Waals surface area contributed by atoms with E-state index >= 15 is 0 Å². The van der Waals surface area contributed by atoms with Crippen molar-refractivity contribution < 1.29 is 14.4 Å². The Labute approximate surface area is 199 Å². The first-order valence-corrected chi connectivity index (χ1v) is 13.0. The summed E-state index contributed by atoms with van der Waals surface area (Å²) in [7, 11) is 0. The second-order valence-corrected chi connectivity index (χ2v) is 12.7. The van der Waals surface area contributed by atoms with Crippen LogP contribution in [0.1, 0.15) is 80.1 Å². The van der Waals surface area contributed by atoms with E-state index < -0.39 is 0 Å². The Morgan fingerprint density at radius 3 is 2.52 bits per heavy atom. The third-order valence-corrected chi connectivity index (χ3v) is 9.46. The van der Waals surface area contributed by atoms with Crippen molar-refractivity contribution in [3.63, 3.8) is 0 Å². The summed E-state index contributed by atoms with van der Waals surface area (Å²) in [5.74, 6) is 1.56. The van der Waals surface area contributed by atoms with Crippen molar-refractivity contribution in [3.05, 3.63) is 12.2 Å². The maximum atomic E-state index is 13.9. The summed E-state index contributed by atoms with van der Waals surface area (Å²) in [6.45, 7) is 13.7. The Kier molecular flexibility index (Phi) is 6.20. The maximum absolute atomic E-state index is 13.9. The number of urea groups is 1. The van der Waals surface area contributed by atoms with Crippen LogP contribution in [-0.4, -0.2) is 41.9 Å². The number of rotatable bonds is 3. The van der Waals surface area contributed by atoms with E-state index in [9.17, 15) is 14.4 Å². The third-order valence-electron chi connectivity index (χ3n) is 9.46. The van der Waals surface area contributed by atoms with Gasteiger partial charge >= 0.3 is 6.03 Å². The van der Waals surface area contributed by atoms with E-state index in [1.54, 1.807) is 6.08 Å². The average Bonchev–Trinajstić information content (AvgIpc) is 3.09. The fourth-order valence-electron chi connectivity index (χ4n) is 7.90. The van der Waals surface area contributed by atoms with E-state index in [0.29, 0.717) is 30.8 Å². The molecule has 3 saturated carbocycles. The zero-order valence-corrected chi connectivity index (χ0v) is 21.4. The molecule has 33 heavy (non-hydrogen) atoms. The number of imide groups is 1. The van der Waals surface area contributed by atoms with Gasteiger partial charge in [0.05, 0.1) is 0 Å². The molecule has 3 fully saturated rings. The van der Waals surface area contributed by atoms with E-state index in [0.717, 1.165) is 38.5 Å². The second-order valence-electron chi connectivity index (χ2n) is 12.7. The van der Waals surface area contributed by atoms with Gasteiger partial charge in [0.15, 0.2) is 0 Å². The van der Waals surface area contributed by atoms with Gasteiger partial charge in [-0.3, -0.25) is 14.5 Å². The molecule has 4 amide bonds. The fraction of sp³-hybridized carbons (Fsp3) is 0.815. The minimum absolute atomic E-state index is 0.000462. The molecular weight excluding hydrogens is 414 g/mol. The molecule has 0 radical (unpaired) electrons. The molecule has 2 N–H and O–H groups in total. The van der Waals surface area contributed by atoms with Gasteiger partial charge in [0.1, 0.15) is 0 Å². The Balaban J connectivity index is 1.58. The minimum Gasteiger partial charge on any atom is -0.349 e. The van der Waals surface area contributed by atoms with Crippen molar-refractivity contribution in [2.45, 2.75) is 86.1 Å². The summed E-state index contributed by atoms with van der Waals surface area (Å²) in [5.41, 5.74) is -0.215. The molecule has 1 heterocycles. The van der Waals surface area contributed by atoms with Crippen molar-refractivity contribution in [3.8, 4) is 0 Å². The molecule has 3 aliphatic carbocycles. The average molecular weight is 458 g/mol. The number of amides is 4. The van der Waals surface area contributed by atoms with Gasteiger partial charge in [-0.05, 0) is 80.1 Å². The fourth-order valence-corrected chi connectivity index (χ4v) is 7.90. The van der Waals surface area contributed by atoms with Crippen molar-refractivity contribution in [1.29, 1.82) is 0 Å². The molecule has 184 valence electrons. The van der Waals surface area contributed by atoms with Gasteiger partial charge < -0.3 is 10.6 Å². The number of carbonyl (C=O) groups is 3. The van der Waals surface area contributed by atoms with Gasteiger partial charge in [0.25, 0.3) is 0 Å². The summed E-state index contributed by atoms with van der Waals surface area (Å²) in [6, 6.07) is -0.0336. The van der Waals surface area contributed by atoms with Crippen molar-refractivity contribution in [1.82, 2.24) is 15.5 Å². The van der Waals surface area contributed by atoms with E-state index in [-0.39, 0.29) is 46.1 Å². The van der Waals surface area contributed by atoms with Gasteiger partial charge in [-0.2, -0.15) is 0 Å². The monoisotopic (exact) mass is 457 g/mol. The molecule has 4 aliphatic rings. The molecule has 0 bridgehead atoms. The van der Waals surface area contributed by atoms with Crippen LogP contribution in [0, 0.1) is 39.9 Å². The number of hydrogen-bond acceptors (Lipinski definition) is 3. The zero-order chi connectivity index (χ0) is 24.2. The van der Waals surface area contributed by atoms with Gasteiger partial charge in [0.2, 0.25) is 11.8 Å². The zero-order valence-electron chi connectivity index (χ0n) is 21.4. The van der Waals surface area contributed by atoms with Crippen LogP contribution >= 0.6 is 0 Å². The predicted molar refractivity (Wildman–Crippen MR) is 129 cm³/mol. The largest absolute Gasteiger partial charge is 0.349 e. The van der Waals surface area contributed by atoms with E-state index in [4.69, 9.17) is 0 Å². The highest BCUT2D eigenvalue weighted by atomic mass is 16.2. The van der Waals surface area contributed by atoms with Crippen molar-refractivity contribution in [2.24, 2.45) is 39.9 Å². The van der Waals surface area contributed by atoms with E-state index in [1.807, 2.05) is 6.92 Å². The molecule has 0 aromatic carbocycles. The second kappa shape index (κ2) is 8.42. The lowest BCUT2D eigenvalue weighted by atomic mass is 9.48. The Bertz CT molecular complexity index is 846. The summed E-state index contributed by atoms with van der Waals surface area (Å²) in [4.78, 5) is 40.3. The van der Waals surface area contributed by atoms with Crippen LogP contribution < -0.4 is 10.6 Å². The molecule has 0 saturated heterocycles. The molecule has 0 aromatic rings. The van der Waals surface area contributed by atoms with Crippen LogP contribution in [0.5, 0.6) is 0 Å². The Morgan fingerprint density at radius 1 is 1.12 bits per heavy atom. The van der Waals surface area contributed by atoms with Crippen LogP contribution in [0.25, 0.3) is 0 Å². The number of nitrogens with zero attached hydrogens (tertiary/aromatic N) is 1. The van der Waals surface area contributed by atoms with E-state index in [2.05, 4.69) is 51.3 Å². The maximum Gasteiger partial charge on any atom is 0.324 e. The molecule has 6 heteroatoms. The lowest BCUT2D eigenvalue weighted by Crippen LogP contribution is -2.60. The summed E-state index contributed by atoms with van der Waals surface area (Å²) < 4.78 is 0. The van der Waals surface area contributed by atoms with Gasteiger partial charge in [-0.25, -0.2) is 4.79 Å². The first-order chi connectivity index (χ1) is 15.4. The number of hydrogen-bond donors (Lipinski definition) is 2. The van der Waals surface area contributed by atoms with E-state index in [1.165, 1.54) is 4.90 Å². The molecule has 7 atom stereocenters. The molecule has 1 aliphatic heterocycles.